The average molecular weight is 301 g/mol. The Balaban J connectivity index is 1.97. The molecule has 112 valence electrons. The van der Waals surface area contributed by atoms with Crippen molar-refractivity contribution in [2.45, 2.75) is 18.9 Å². The highest BCUT2D eigenvalue weighted by Gasteiger charge is 2.10. The second-order valence-corrected chi connectivity index (χ2v) is 6.86. The molecule has 1 unspecified atom stereocenters. The molecule has 0 aromatic heterocycles. The van der Waals surface area contributed by atoms with Gasteiger partial charge in [0, 0.05) is 35.4 Å². The second-order valence-electron chi connectivity index (χ2n) is 5.31. The third-order valence-corrected chi connectivity index (χ3v) is 4.25. The van der Waals surface area contributed by atoms with Gasteiger partial charge in [0.05, 0.1) is 0 Å². The molecule has 0 amide bonds. The molecule has 21 heavy (non-hydrogen) atoms. The van der Waals surface area contributed by atoms with E-state index in [-0.39, 0.29) is 0 Å². The van der Waals surface area contributed by atoms with E-state index >= 15 is 0 Å². The van der Waals surface area contributed by atoms with E-state index in [2.05, 4.69) is 53.8 Å². The molecule has 2 aromatic rings. The highest BCUT2D eigenvalue weighted by atomic mass is 32.2. The van der Waals surface area contributed by atoms with Gasteiger partial charge in [-0.3, -0.25) is 4.21 Å². The molecule has 0 saturated carbocycles. The van der Waals surface area contributed by atoms with Crippen molar-refractivity contribution in [1.82, 2.24) is 5.32 Å². The van der Waals surface area contributed by atoms with Crippen LogP contribution in [0.5, 0.6) is 0 Å². The van der Waals surface area contributed by atoms with Gasteiger partial charge in [-0.25, -0.2) is 0 Å². The van der Waals surface area contributed by atoms with Crippen molar-refractivity contribution in [2.24, 2.45) is 0 Å². The second kappa shape index (κ2) is 8.75. The molecule has 0 aliphatic carbocycles. The average Bonchev–Trinajstić information content (AvgIpc) is 2.49. The largest absolute Gasteiger partial charge is 0.312 e. The fourth-order valence-electron chi connectivity index (χ4n) is 2.42. The van der Waals surface area contributed by atoms with Gasteiger partial charge in [-0.15, -0.1) is 0 Å². The van der Waals surface area contributed by atoms with Crippen LogP contribution in [0.15, 0.2) is 60.7 Å². The van der Waals surface area contributed by atoms with Crippen LogP contribution in [0.4, 0.5) is 0 Å². The van der Waals surface area contributed by atoms with Crippen LogP contribution in [0.25, 0.3) is 0 Å². The number of rotatable bonds is 8. The van der Waals surface area contributed by atoms with Gasteiger partial charge in [0.15, 0.2) is 0 Å². The summed E-state index contributed by atoms with van der Waals surface area (Å²) in [5.74, 6) is 0.708. The highest BCUT2D eigenvalue weighted by molar-refractivity contribution is 7.84. The van der Waals surface area contributed by atoms with Crippen LogP contribution >= 0.6 is 0 Å². The number of hydrogen-bond acceptors (Lipinski definition) is 2. The van der Waals surface area contributed by atoms with E-state index in [1.54, 1.807) is 6.26 Å². The van der Waals surface area contributed by atoms with Crippen LogP contribution in [-0.2, 0) is 23.6 Å². The molecular weight excluding hydrogens is 278 g/mol. The Morgan fingerprint density at radius 3 is 1.81 bits per heavy atom. The Kier molecular flexibility index (Phi) is 6.64. The van der Waals surface area contributed by atoms with Gasteiger partial charge in [0.2, 0.25) is 0 Å². The molecular formula is C18H23NOS. The van der Waals surface area contributed by atoms with Crippen LogP contribution in [0.3, 0.4) is 0 Å². The predicted octanol–water partition coefficient (Wildman–Crippen LogP) is 2.81. The molecule has 1 atom stereocenters. The summed E-state index contributed by atoms with van der Waals surface area (Å²) >= 11 is 0. The van der Waals surface area contributed by atoms with Crippen LogP contribution < -0.4 is 5.32 Å². The van der Waals surface area contributed by atoms with Crippen molar-refractivity contribution in [3.63, 3.8) is 0 Å². The Bertz CT molecular complexity index is 500. The zero-order chi connectivity index (χ0) is 14.9. The third kappa shape index (κ3) is 6.23. The van der Waals surface area contributed by atoms with Crippen LogP contribution in [-0.4, -0.2) is 28.8 Å². The van der Waals surface area contributed by atoms with Crippen molar-refractivity contribution in [2.75, 3.05) is 18.6 Å². The summed E-state index contributed by atoms with van der Waals surface area (Å²) in [5.41, 5.74) is 2.67. The Labute approximate surface area is 130 Å². The molecule has 0 aliphatic heterocycles. The molecule has 0 saturated heterocycles. The Hall–Kier alpha value is -1.45. The fourth-order valence-corrected chi connectivity index (χ4v) is 2.83. The lowest BCUT2D eigenvalue weighted by molar-refractivity contribution is 0.522. The molecule has 3 heteroatoms. The molecule has 0 radical (unpaired) electrons. The van der Waals surface area contributed by atoms with E-state index in [9.17, 15) is 4.21 Å². The summed E-state index contributed by atoms with van der Waals surface area (Å²) < 4.78 is 11.2. The first-order chi connectivity index (χ1) is 10.2. The van der Waals surface area contributed by atoms with Gasteiger partial charge in [-0.05, 0) is 24.0 Å². The van der Waals surface area contributed by atoms with E-state index in [4.69, 9.17) is 0 Å². The van der Waals surface area contributed by atoms with Gasteiger partial charge in [0.25, 0.3) is 0 Å². The van der Waals surface area contributed by atoms with Crippen LogP contribution in [0.1, 0.15) is 11.1 Å². The van der Waals surface area contributed by atoms with Crippen LogP contribution in [0.2, 0.25) is 0 Å². The van der Waals surface area contributed by atoms with Gasteiger partial charge in [0.1, 0.15) is 0 Å². The molecule has 0 spiro atoms. The lowest BCUT2D eigenvalue weighted by Crippen LogP contribution is -2.35. The van der Waals surface area contributed by atoms with Crippen LogP contribution in [0, 0.1) is 0 Å². The predicted molar refractivity (Wildman–Crippen MR) is 91.0 cm³/mol. The molecule has 2 nitrogen and oxygen atoms in total. The highest BCUT2D eigenvalue weighted by Crippen LogP contribution is 2.09. The Morgan fingerprint density at radius 2 is 1.38 bits per heavy atom. The van der Waals surface area contributed by atoms with E-state index in [0.717, 1.165) is 19.4 Å². The summed E-state index contributed by atoms with van der Waals surface area (Å²) in [6.07, 6.45) is 3.74. The smallest absolute Gasteiger partial charge is 0.0357 e. The maximum Gasteiger partial charge on any atom is 0.0357 e. The number of benzene rings is 2. The first-order valence-electron chi connectivity index (χ1n) is 7.35. The normalized spacial score (nSPS) is 12.5. The van der Waals surface area contributed by atoms with Gasteiger partial charge >= 0.3 is 0 Å². The first-order valence-corrected chi connectivity index (χ1v) is 9.08. The maximum absolute atomic E-state index is 11.2. The number of hydrogen-bond donors (Lipinski definition) is 1. The van der Waals surface area contributed by atoms with Crippen molar-refractivity contribution in [3.05, 3.63) is 71.8 Å². The lowest BCUT2D eigenvalue weighted by Gasteiger charge is -2.19. The van der Waals surface area contributed by atoms with Crippen molar-refractivity contribution in [1.29, 1.82) is 0 Å². The van der Waals surface area contributed by atoms with Gasteiger partial charge in [-0.2, -0.15) is 0 Å². The summed E-state index contributed by atoms with van der Waals surface area (Å²) in [4.78, 5) is 0. The molecule has 0 heterocycles. The summed E-state index contributed by atoms with van der Waals surface area (Å²) in [7, 11) is -0.737. The summed E-state index contributed by atoms with van der Waals surface area (Å²) in [6.45, 7) is 0.799. The van der Waals surface area contributed by atoms with Crippen molar-refractivity contribution in [3.8, 4) is 0 Å². The van der Waals surface area contributed by atoms with Crippen molar-refractivity contribution >= 4 is 10.8 Å². The standard InChI is InChI=1S/C18H23NOS/c1-21(20)13-12-19-18(14-16-8-4-2-5-9-16)15-17-10-6-3-7-11-17/h2-11,18-19H,12-15H2,1H3. The molecule has 1 N–H and O–H groups in total. The third-order valence-electron chi connectivity index (χ3n) is 3.47. The van der Waals surface area contributed by atoms with E-state index in [1.807, 2.05) is 12.1 Å². The maximum atomic E-state index is 11.2. The molecule has 2 aromatic carbocycles. The van der Waals surface area contributed by atoms with Gasteiger partial charge in [-0.1, -0.05) is 60.7 Å². The molecule has 2 rings (SSSR count). The minimum Gasteiger partial charge on any atom is -0.312 e. The minimum atomic E-state index is -0.737. The van der Waals surface area contributed by atoms with E-state index < -0.39 is 10.8 Å². The summed E-state index contributed by atoms with van der Waals surface area (Å²) in [5, 5.41) is 3.55. The topological polar surface area (TPSA) is 29.1 Å². The van der Waals surface area contributed by atoms with E-state index in [1.165, 1.54) is 11.1 Å². The minimum absolute atomic E-state index is 0.373. The van der Waals surface area contributed by atoms with Crippen molar-refractivity contribution < 1.29 is 4.21 Å². The van der Waals surface area contributed by atoms with Gasteiger partial charge < -0.3 is 5.32 Å². The quantitative estimate of drug-likeness (QED) is 0.812. The molecule has 0 aliphatic rings. The first kappa shape index (κ1) is 15.9. The summed E-state index contributed by atoms with van der Waals surface area (Å²) in [6, 6.07) is 21.4. The number of nitrogens with one attached hydrogen (secondary N) is 1. The zero-order valence-corrected chi connectivity index (χ0v) is 13.3. The van der Waals surface area contributed by atoms with E-state index in [0.29, 0.717) is 11.8 Å². The fraction of sp³-hybridized carbons (Fsp3) is 0.333. The Morgan fingerprint density at radius 1 is 0.905 bits per heavy atom. The zero-order valence-electron chi connectivity index (χ0n) is 12.5. The SMILES string of the molecule is CS(=O)CCNC(Cc1ccccc1)Cc1ccccc1. The lowest BCUT2D eigenvalue weighted by atomic mass is 9.99. The molecule has 0 bridgehead atoms. The monoisotopic (exact) mass is 301 g/mol. The molecule has 0 fully saturated rings.